The Balaban J connectivity index is 0.00000288. The van der Waals surface area contributed by atoms with Gasteiger partial charge >= 0.3 is 0 Å². The smallest absolute Gasteiger partial charge is 0.243 e. The second kappa shape index (κ2) is 11.1. The maximum Gasteiger partial charge on any atom is 0.243 e. The summed E-state index contributed by atoms with van der Waals surface area (Å²) >= 11 is 0. The van der Waals surface area contributed by atoms with Gasteiger partial charge in [0.05, 0.1) is 0 Å². The number of guanidine groups is 1. The average molecular weight is 451 g/mol. The van der Waals surface area contributed by atoms with E-state index in [0.29, 0.717) is 12.1 Å². The van der Waals surface area contributed by atoms with Gasteiger partial charge in [0.25, 0.3) is 0 Å². The molecule has 6 nitrogen and oxygen atoms in total. The molecule has 7 heteroatoms. The molecule has 24 heavy (non-hydrogen) atoms. The van der Waals surface area contributed by atoms with E-state index in [1.165, 1.54) is 45.1 Å². The zero-order valence-corrected chi connectivity index (χ0v) is 17.7. The van der Waals surface area contributed by atoms with Crippen LogP contribution in [0, 0.1) is 0 Å². The predicted molar refractivity (Wildman–Crippen MR) is 110 cm³/mol. The third-order valence-corrected chi connectivity index (χ3v) is 4.98. The molecule has 2 rings (SSSR count). The Labute approximate surface area is 163 Å². The first-order valence-corrected chi connectivity index (χ1v) is 9.09. The van der Waals surface area contributed by atoms with E-state index in [4.69, 9.17) is 0 Å². The lowest BCUT2D eigenvalue weighted by atomic mass is 10.2. The second-order valence-electron chi connectivity index (χ2n) is 6.88. The van der Waals surface area contributed by atoms with E-state index in [2.05, 4.69) is 27.4 Å². The van der Waals surface area contributed by atoms with Crippen molar-refractivity contribution in [1.82, 2.24) is 20.4 Å². The molecule has 0 bridgehead atoms. The molecule has 2 aliphatic rings. The molecule has 1 heterocycles. The fourth-order valence-corrected chi connectivity index (χ4v) is 3.46. The van der Waals surface area contributed by atoms with Crippen molar-refractivity contribution in [3.05, 3.63) is 0 Å². The zero-order valence-electron chi connectivity index (χ0n) is 15.4. The lowest BCUT2D eigenvalue weighted by Gasteiger charge is -2.25. The Morgan fingerprint density at radius 3 is 2.54 bits per heavy atom. The van der Waals surface area contributed by atoms with Crippen LogP contribution >= 0.6 is 24.0 Å². The standard InChI is InChI=1S/C17H33N5O.HI/c1-4-22-11-7-10-15(22)12-18-17(19-13-16(23)21(2)3)20-14-8-5-6-9-14;/h14-15H,4-13H2,1-3H3,(H2,18,19,20);1H. The van der Waals surface area contributed by atoms with Crippen LogP contribution in [-0.4, -0.2) is 74.0 Å². The summed E-state index contributed by atoms with van der Waals surface area (Å²) in [6, 6.07) is 1.08. The monoisotopic (exact) mass is 451 g/mol. The molecule has 0 radical (unpaired) electrons. The molecule has 1 saturated carbocycles. The van der Waals surface area contributed by atoms with Crippen LogP contribution in [0.1, 0.15) is 45.4 Å². The summed E-state index contributed by atoms with van der Waals surface area (Å²) < 4.78 is 0. The molecule has 1 aliphatic heterocycles. The molecule has 1 aliphatic carbocycles. The quantitative estimate of drug-likeness (QED) is 0.367. The van der Waals surface area contributed by atoms with E-state index in [9.17, 15) is 4.79 Å². The van der Waals surface area contributed by atoms with Crippen LogP contribution in [0.15, 0.2) is 4.99 Å². The highest BCUT2D eigenvalue weighted by molar-refractivity contribution is 14.0. The first-order chi connectivity index (χ1) is 11.1. The molecule has 140 valence electrons. The van der Waals surface area contributed by atoms with Crippen molar-refractivity contribution in [1.29, 1.82) is 0 Å². The largest absolute Gasteiger partial charge is 0.355 e. The number of hydrogen-bond acceptors (Lipinski definition) is 3. The maximum absolute atomic E-state index is 11.8. The minimum absolute atomic E-state index is 0. The van der Waals surface area contributed by atoms with E-state index in [-0.39, 0.29) is 36.4 Å². The Bertz CT molecular complexity index is 410. The van der Waals surface area contributed by atoms with Crippen molar-refractivity contribution in [2.75, 3.05) is 40.3 Å². The van der Waals surface area contributed by atoms with Gasteiger partial charge in [0.1, 0.15) is 6.54 Å². The topological polar surface area (TPSA) is 60.0 Å². The minimum Gasteiger partial charge on any atom is -0.355 e. The van der Waals surface area contributed by atoms with Crippen LogP contribution in [0.4, 0.5) is 0 Å². The van der Waals surface area contributed by atoms with Crippen LogP contribution < -0.4 is 10.6 Å². The van der Waals surface area contributed by atoms with Crippen molar-refractivity contribution in [3.8, 4) is 0 Å². The van der Waals surface area contributed by atoms with Crippen molar-refractivity contribution in [2.45, 2.75) is 57.5 Å². The van der Waals surface area contributed by atoms with Crippen LogP contribution in [0.25, 0.3) is 0 Å². The number of amides is 1. The average Bonchev–Trinajstić information content (AvgIpc) is 3.20. The van der Waals surface area contributed by atoms with Crippen LogP contribution in [0.5, 0.6) is 0 Å². The number of carbonyl (C=O) groups excluding carboxylic acids is 1. The van der Waals surface area contributed by atoms with Gasteiger partial charge in [-0.25, -0.2) is 4.99 Å². The molecule has 2 N–H and O–H groups in total. The maximum atomic E-state index is 11.8. The third kappa shape index (κ3) is 6.74. The Hall–Kier alpha value is -0.570. The molecule has 0 aromatic rings. The number of carbonyl (C=O) groups is 1. The fourth-order valence-electron chi connectivity index (χ4n) is 3.46. The van der Waals surface area contributed by atoms with Gasteiger partial charge in [0.15, 0.2) is 5.96 Å². The molecule has 0 spiro atoms. The van der Waals surface area contributed by atoms with Gasteiger partial charge in [-0.15, -0.1) is 24.0 Å². The molecule has 1 saturated heterocycles. The van der Waals surface area contributed by atoms with Crippen LogP contribution in [0.3, 0.4) is 0 Å². The van der Waals surface area contributed by atoms with Gasteiger partial charge in [-0.1, -0.05) is 19.8 Å². The third-order valence-electron chi connectivity index (χ3n) is 4.98. The lowest BCUT2D eigenvalue weighted by Crippen LogP contribution is -2.47. The van der Waals surface area contributed by atoms with E-state index in [0.717, 1.165) is 19.0 Å². The van der Waals surface area contributed by atoms with E-state index < -0.39 is 0 Å². The summed E-state index contributed by atoms with van der Waals surface area (Å²) in [4.78, 5) is 20.4. The lowest BCUT2D eigenvalue weighted by molar-refractivity contribution is -0.127. The number of nitrogens with one attached hydrogen (secondary N) is 2. The molecule has 0 aromatic heterocycles. The first-order valence-electron chi connectivity index (χ1n) is 9.09. The van der Waals surface area contributed by atoms with Gasteiger partial charge in [-0.05, 0) is 38.8 Å². The summed E-state index contributed by atoms with van der Waals surface area (Å²) in [5, 5.41) is 6.99. The number of hydrogen-bond donors (Lipinski definition) is 2. The molecular formula is C17H34IN5O. The van der Waals surface area contributed by atoms with Crippen LogP contribution in [0.2, 0.25) is 0 Å². The fraction of sp³-hybridized carbons (Fsp3) is 0.882. The van der Waals surface area contributed by atoms with Gasteiger partial charge < -0.3 is 15.5 Å². The number of nitrogens with zero attached hydrogens (tertiary/aromatic N) is 3. The number of halogens is 1. The predicted octanol–water partition coefficient (Wildman–Crippen LogP) is 1.65. The van der Waals surface area contributed by atoms with Gasteiger partial charge in [0.2, 0.25) is 5.91 Å². The summed E-state index contributed by atoms with van der Waals surface area (Å²) in [6.45, 7) is 5.64. The summed E-state index contributed by atoms with van der Waals surface area (Å²) in [5.74, 6) is 0.837. The van der Waals surface area contributed by atoms with E-state index >= 15 is 0 Å². The highest BCUT2D eigenvalue weighted by atomic mass is 127. The molecule has 1 atom stereocenters. The molecule has 0 aromatic carbocycles. The van der Waals surface area contributed by atoms with E-state index in [1.807, 2.05) is 0 Å². The van der Waals surface area contributed by atoms with Gasteiger partial charge in [0, 0.05) is 32.7 Å². The molecule has 1 unspecified atom stereocenters. The summed E-state index contributed by atoms with van der Waals surface area (Å²) in [5.41, 5.74) is 0. The number of likely N-dealkylation sites (tertiary alicyclic amines) is 1. The highest BCUT2D eigenvalue weighted by Crippen LogP contribution is 2.18. The zero-order chi connectivity index (χ0) is 16.7. The Morgan fingerprint density at radius 2 is 1.92 bits per heavy atom. The summed E-state index contributed by atoms with van der Waals surface area (Å²) in [7, 11) is 3.54. The number of rotatable bonds is 6. The Morgan fingerprint density at radius 1 is 1.21 bits per heavy atom. The number of aliphatic imine (C=N–C) groups is 1. The van der Waals surface area contributed by atoms with Crippen molar-refractivity contribution in [2.24, 2.45) is 4.99 Å². The molecular weight excluding hydrogens is 417 g/mol. The SMILES string of the molecule is CCN1CCCC1CNC(=NCC(=O)N(C)C)NC1CCCC1.I. The second-order valence-corrected chi connectivity index (χ2v) is 6.88. The normalized spacial score (nSPS) is 22.3. The first kappa shape index (κ1) is 21.5. The highest BCUT2D eigenvalue weighted by Gasteiger charge is 2.23. The number of likely N-dealkylation sites (N-methyl/N-ethyl adjacent to an activating group) is 2. The molecule has 1 amide bonds. The molecule has 2 fully saturated rings. The van der Waals surface area contributed by atoms with E-state index in [1.54, 1.807) is 19.0 Å². The Kier molecular flexibility index (Phi) is 9.95. The van der Waals surface area contributed by atoms with Crippen molar-refractivity contribution in [3.63, 3.8) is 0 Å². The van der Waals surface area contributed by atoms with Crippen molar-refractivity contribution >= 4 is 35.8 Å². The van der Waals surface area contributed by atoms with Gasteiger partial charge in [-0.3, -0.25) is 9.69 Å². The van der Waals surface area contributed by atoms with Crippen molar-refractivity contribution < 1.29 is 4.79 Å². The minimum atomic E-state index is 0. The van der Waals surface area contributed by atoms with Gasteiger partial charge in [-0.2, -0.15) is 0 Å². The van der Waals surface area contributed by atoms with Crippen LogP contribution in [-0.2, 0) is 4.79 Å². The summed E-state index contributed by atoms with van der Waals surface area (Å²) in [6.07, 6.45) is 7.50.